The predicted molar refractivity (Wildman–Crippen MR) is 126 cm³/mol. The lowest BCUT2D eigenvalue weighted by molar-refractivity contribution is 0.0664. The van der Waals surface area contributed by atoms with Gasteiger partial charge in [-0.3, -0.25) is 4.79 Å². The first-order valence-corrected chi connectivity index (χ1v) is 11.8. The molecule has 1 aromatic heterocycles. The number of ether oxygens (including phenoxy) is 1. The Kier molecular flexibility index (Phi) is 8.69. The number of hydrogen-bond acceptors (Lipinski definition) is 7. The Bertz CT molecular complexity index is 867. The van der Waals surface area contributed by atoms with E-state index in [2.05, 4.69) is 41.7 Å². The molecule has 1 fully saturated rings. The van der Waals surface area contributed by atoms with Gasteiger partial charge in [0.1, 0.15) is 5.82 Å². The summed E-state index contributed by atoms with van der Waals surface area (Å²) >= 11 is 1.59. The first-order chi connectivity index (χ1) is 15.0. The summed E-state index contributed by atoms with van der Waals surface area (Å²) in [6.07, 6.45) is 0. The normalized spacial score (nSPS) is 14.6. The number of aromatic nitrogens is 2. The van der Waals surface area contributed by atoms with Crippen LogP contribution in [0.1, 0.15) is 35.5 Å². The lowest BCUT2D eigenvalue weighted by Gasteiger charge is -2.32. The number of thioether (sulfide) groups is 1. The van der Waals surface area contributed by atoms with E-state index >= 15 is 0 Å². The summed E-state index contributed by atoms with van der Waals surface area (Å²) in [6, 6.07) is 9.91. The highest BCUT2D eigenvalue weighted by Gasteiger charge is 2.20. The van der Waals surface area contributed by atoms with Gasteiger partial charge in [0.15, 0.2) is 5.16 Å². The van der Waals surface area contributed by atoms with Crippen molar-refractivity contribution >= 4 is 23.5 Å². The van der Waals surface area contributed by atoms with Crippen LogP contribution >= 0.6 is 11.8 Å². The minimum atomic E-state index is 0.113. The third-order valence-corrected chi connectivity index (χ3v) is 6.38. The lowest BCUT2D eigenvalue weighted by atomic mass is 10.1. The molecular formula is C23H33N5O2S. The Morgan fingerprint density at radius 3 is 2.55 bits per heavy atom. The van der Waals surface area contributed by atoms with Gasteiger partial charge in [-0.15, -0.1) is 0 Å². The van der Waals surface area contributed by atoms with Gasteiger partial charge in [0.05, 0.1) is 12.3 Å². The molecule has 1 aliphatic heterocycles. The minimum absolute atomic E-state index is 0.113. The number of methoxy groups -OCH3 is 1. The van der Waals surface area contributed by atoms with Gasteiger partial charge in [-0.05, 0) is 38.6 Å². The maximum Gasteiger partial charge on any atom is 0.253 e. The van der Waals surface area contributed by atoms with Gasteiger partial charge in [-0.2, -0.15) is 0 Å². The molecule has 0 aliphatic carbocycles. The summed E-state index contributed by atoms with van der Waals surface area (Å²) in [5, 5.41) is 0.729. The molecule has 3 rings (SSSR count). The smallest absolute Gasteiger partial charge is 0.253 e. The Balaban J connectivity index is 1.71. The molecule has 0 saturated carbocycles. The largest absolute Gasteiger partial charge is 0.378 e. The first-order valence-electron chi connectivity index (χ1n) is 10.9. The van der Waals surface area contributed by atoms with Gasteiger partial charge in [0, 0.05) is 63.8 Å². The van der Waals surface area contributed by atoms with E-state index in [1.54, 1.807) is 18.9 Å². The van der Waals surface area contributed by atoms with Crippen molar-refractivity contribution in [2.75, 3.05) is 58.3 Å². The Hall–Kier alpha value is -2.16. The highest BCUT2D eigenvalue weighted by atomic mass is 32.2. The molecule has 1 aromatic carbocycles. The van der Waals surface area contributed by atoms with Crippen LogP contribution in [-0.4, -0.2) is 79.1 Å². The second-order valence-corrected chi connectivity index (χ2v) is 8.63. The predicted octanol–water partition coefficient (Wildman–Crippen LogP) is 3.15. The van der Waals surface area contributed by atoms with Crippen LogP contribution in [0.15, 0.2) is 35.5 Å². The molecule has 0 unspecified atom stereocenters. The van der Waals surface area contributed by atoms with Crippen molar-refractivity contribution in [1.82, 2.24) is 19.8 Å². The summed E-state index contributed by atoms with van der Waals surface area (Å²) in [6.45, 7) is 9.89. The van der Waals surface area contributed by atoms with Gasteiger partial charge in [0.25, 0.3) is 5.91 Å². The van der Waals surface area contributed by atoms with Crippen molar-refractivity contribution in [3.05, 3.63) is 47.2 Å². The van der Waals surface area contributed by atoms with Gasteiger partial charge in [-0.1, -0.05) is 23.9 Å². The fourth-order valence-corrected chi connectivity index (χ4v) is 4.40. The quantitative estimate of drug-likeness (QED) is 0.436. The van der Waals surface area contributed by atoms with Crippen molar-refractivity contribution in [1.29, 1.82) is 0 Å². The summed E-state index contributed by atoms with van der Waals surface area (Å²) < 4.78 is 5.29. The average molecular weight is 444 g/mol. The molecule has 0 atom stereocenters. The van der Waals surface area contributed by atoms with Crippen LogP contribution in [0.5, 0.6) is 0 Å². The minimum Gasteiger partial charge on any atom is -0.378 e. The number of piperazine rings is 1. The number of carbonyl (C=O) groups excluding carboxylic acids is 1. The monoisotopic (exact) mass is 443 g/mol. The van der Waals surface area contributed by atoms with E-state index in [9.17, 15) is 4.79 Å². The Morgan fingerprint density at radius 1 is 1.13 bits per heavy atom. The molecule has 8 heteroatoms. The van der Waals surface area contributed by atoms with Crippen molar-refractivity contribution in [3.63, 3.8) is 0 Å². The van der Waals surface area contributed by atoms with Gasteiger partial charge in [0.2, 0.25) is 0 Å². The number of likely N-dealkylation sites (N-methyl/N-ethyl adjacent to an activating group) is 1. The molecule has 7 nitrogen and oxygen atoms in total. The van der Waals surface area contributed by atoms with Crippen molar-refractivity contribution in [2.24, 2.45) is 0 Å². The fourth-order valence-electron chi connectivity index (χ4n) is 3.59. The maximum atomic E-state index is 12.9. The fraction of sp³-hybridized carbons (Fsp3) is 0.522. The zero-order chi connectivity index (χ0) is 22.2. The molecule has 2 aromatic rings. The SMILES string of the molecule is CCN(CC)c1cc(COC)nc(SCc2cccc(C(=O)N3CCN(C)CC3)c2)n1. The molecule has 0 N–H and O–H groups in total. The van der Waals surface area contributed by atoms with E-state index in [0.717, 1.165) is 67.1 Å². The van der Waals surface area contributed by atoms with Crippen LogP contribution in [0.4, 0.5) is 5.82 Å². The number of amides is 1. The van der Waals surface area contributed by atoms with Crippen LogP contribution in [0.25, 0.3) is 0 Å². The lowest BCUT2D eigenvalue weighted by Crippen LogP contribution is -2.47. The highest BCUT2D eigenvalue weighted by Crippen LogP contribution is 2.24. The third-order valence-electron chi connectivity index (χ3n) is 5.46. The molecule has 0 radical (unpaired) electrons. The van der Waals surface area contributed by atoms with E-state index in [4.69, 9.17) is 9.72 Å². The van der Waals surface area contributed by atoms with E-state index < -0.39 is 0 Å². The standard InChI is InChI=1S/C23H33N5O2S/c1-5-27(6-2)21-15-20(16-30-4)24-23(25-21)31-17-18-8-7-9-19(14-18)22(29)28-12-10-26(3)11-13-28/h7-9,14-15H,5-6,10-13,16-17H2,1-4H3. The molecule has 2 heterocycles. The zero-order valence-corrected chi connectivity index (χ0v) is 19.8. The number of rotatable bonds is 9. The number of hydrogen-bond donors (Lipinski definition) is 0. The Morgan fingerprint density at radius 2 is 1.87 bits per heavy atom. The summed E-state index contributed by atoms with van der Waals surface area (Å²) in [7, 11) is 3.77. The van der Waals surface area contributed by atoms with E-state index in [0.29, 0.717) is 12.4 Å². The van der Waals surface area contributed by atoms with Crippen molar-refractivity contribution in [2.45, 2.75) is 31.4 Å². The van der Waals surface area contributed by atoms with Crippen LogP contribution in [-0.2, 0) is 17.1 Å². The topological polar surface area (TPSA) is 61.8 Å². The molecule has 1 saturated heterocycles. The molecule has 31 heavy (non-hydrogen) atoms. The van der Waals surface area contributed by atoms with Gasteiger partial charge < -0.3 is 19.4 Å². The molecule has 0 spiro atoms. The molecule has 1 aliphatic rings. The summed E-state index contributed by atoms with van der Waals surface area (Å²) in [5.41, 5.74) is 2.72. The van der Waals surface area contributed by atoms with Crippen LogP contribution in [0.3, 0.4) is 0 Å². The van der Waals surface area contributed by atoms with Gasteiger partial charge in [-0.25, -0.2) is 9.97 Å². The van der Waals surface area contributed by atoms with Gasteiger partial charge >= 0.3 is 0 Å². The van der Waals surface area contributed by atoms with E-state index in [1.807, 2.05) is 29.2 Å². The number of benzene rings is 1. The van der Waals surface area contributed by atoms with Crippen LogP contribution in [0.2, 0.25) is 0 Å². The number of carbonyl (C=O) groups is 1. The third kappa shape index (κ3) is 6.41. The summed E-state index contributed by atoms with van der Waals surface area (Å²) in [5.74, 6) is 1.74. The van der Waals surface area contributed by atoms with Crippen molar-refractivity contribution < 1.29 is 9.53 Å². The second-order valence-electron chi connectivity index (χ2n) is 7.69. The maximum absolute atomic E-state index is 12.9. The van der Waals surface area contributed by atoms with Crippen LogP contribution in [0, 0.1) is 0 Å². The number of nitrogens with zero attached hydrogens (tertiary/aromatic N) is 5. The highest BCUT2D eigenvalue weighted by molar-refractivity contribution is 7.98. The first kappa shape index (κ1) is 23.5. The van der Waals surface area contributed by atoms with Crippen LogP contribution < -0.4 is 4.90 Å². The average Bonchev–Trinajstić information content (AvgIpc) is 2.79. The van der Waals surface area contributed by atoms with E-state index in [-0.39, 0.29) is 5.91 Å². The Labute approximate surface area is 189 Å². The molecule has 0 bridgehead atoms. The molecule has 168 valence electrons. The van der Waals surface area contributed by atoms with Crippen molar-refractivity contribution in [3.8, 4) is 0 Å². The van der Waals surface area contributed by atoms with E-state index in [1.165, 1.54) is 0 Å². The summed E-state index contributed by atoms with van der Waals surface area (Å²) in [4.78, 5) is 28.7. The second kappa shape index (κ2) is 11.5. The molecule has 1 amide bonds. The molecular weight excluding hydrogens is 410 g/mol. The zero-order valence-electron chi connectivity index (χ0n) is 19.0. The number of anilines is 1.